The summed E-state index contributed by atoms with van der Waals surface area (Å²) >= 11 is 0. The Morgan fingerprint density at radius 3 is 2.73 bits per heavy atom. The molecule has 1 rings (SSSR count). The summed E-state index contributed by atoms with van der Waals surface area (Å²) in [5.74, 6) is -1.00. The molecule has 0 saturated carbocycles. The van der Waals surface area contributed by atoms with Gasteiger partial charge in [-0.3, -0.25) is 0 Å². The molecule has 1 aromatic rings. The molecule has 15 heavy (non-hydrogen) atoms. The fraction of sp³-hybridized carbons (Fsp3) is 0.200. The molecule has 80 valence electrons. The Morgan fingerprint density at radius 2 is 2.13 bits per heavy atom. The van der Waals surface area contributed by atoms with Gasteiger partial charge in [-0.25, -0.2) is 10.2 Å². The summed E-state index contributed by atoms with van der Waals surface area (Å²) in [6.45, 7) is 2.01. The summed E-state index contributed by atoms with van der Waals surface area (Å²) in [4.78, 5) is 10.8. The van der Waals surface area contributed by atoms with E-state index in [1.54, 1.807) is 19.1 Å². The number of carboxylic acid groups (broad SMARTS) is 1. The quantitative estimate of drug-likeness (QED) is 0.587. The minimum atomic E-state index is -1.10. The topological polar surface area (TPSA) is 79.6 Å². The van der Waals surface area contributed by atoms with Crippen LogP contribution in [0.25, 0.3) is 0 Å². The van der Waals surface area contributed by atoms with Gasteiger partial charge in [0, 0.05) is 0 Å². The van der Waals surface area contributed by atoms with Crippen LogP contribution in [0.1, 0.15) is 17.3 Å². The lowest BCUT2D eigenvalue weighted by atomic mass is 10.2. The lowest BCUT2D eigenvalue weighted by Gasteiger charge is -2.08. The molecule has 0 spiro atoms. The Hall–Kier alpha value is -2.04. The Kier molecular flexibility index (Phi) is 3.68. The number of ether oxygens (including phenoxy) is 2. The molecular formula is C10H11NO4. The standard InChI is InChI=1S/C10H11NO4/c1-2-14-10(11)15-8-6-4-3-5-7(8)9(12)13/h3-6,11H,2H2,1H3,(H,12,13). The van der Waals surface area contributed by atoms with Crippen molar-refractivity contribution in [3.8, 4) is 5.75 Å². The highest BCUT2D eigenvalue weighted by atomic mass is 16.7. The van der Waals surface area contributed by atoms with Crippen molar-refractivity contribution in [1.82, 2.24) is 0 Å². The Balaban J connectivity index is 2.84. The van der Waals surface area contributed by atoms with Gasteiger partial charge in [0.2, 0.25) is 0 Å². The number of benzene rings is 1. The van der Waals surface area contributed by atoms with E-state index < -0.39 is 12.1 Å². The second kappa shape index (κ2) is 4.99. The number of para-hydroxylation sites is 1. The molecule has 0 fully saturated rings. The van der Waals surface area contributed by atoms with Gasteiger partial charge in [0.15, 0.2) is 0 Å². The zero-order valence-corrected chi connectivity index (χ0v) is 8.19. The molecule has 0 heterocycles. The van der Waals surface area contributed by atoms with E-state index in [0.717, 1.165) is 0 Å². The lowest BCUT2D eigenvalue weighted by molar-refractivity contribution is 0.0694. The Morgan fingerprint density at radius 1 is 1.47 bits per heavy atom. The Bertz CT molecular complexity index is 375. The largest absolute Gasteiger partial charge is 0.478 e. The van der Waals surface area contributed by atoms with Crippen molar-refractivity contribution in [2.45, 2.75) is 6.92 Å². The summed E-state index contributed by atoms with van der Waals surface area (Å²) in [5, 5.41) is 16.0. The number of aromatic carboxylic acids is 1. The van der Waals surface area contributed by atoms with E-state index in [-0.39, 0.29) is 11.3 Å². The van der Waals surface area contributed by atoms with Gasteiger partial charge in [0.05, 0.1) is 6.61 Å². The minimum Gasteiger partial charge on any atom is -0.478 e. The monoisotopic (exact) mass is 209 g/mol. The molecule has 0 unspecified atom stereocenters. The second-order valence-electron chi connectivity index (χ2n) is 2.62. The molecule has 2 N–H and O–H groups in total. The number of carbonyl (C=O) groups is 1. The maximum atomic E-state index is 10.8. The molecule has 5 heteroatoms. The van der Waals surface area contributed by atoms with Crippen molar-refractivity contribution < 1.29 is 19.4 Å². The van der Waals surface area contributed by atoms with Crippen LogP contribution in [0.3, 0.4) is 0 Å². The number of hydrogen-bond acceptors (Lipinski definition) is 4. The normalized spacial score (nSPS) is 9.40. The van der Waals surface area contributed by atoms with Crippen molar-refractivity contribution in [1.29, 1.82) is 5.41 Å². The zero-order valence-electron chi connectivity index (χ0n) is 8.19. The highest BCUT2D eigenvalue weighted by Crippen LogP contribution is 2.17. The van der Waals surface area contributed by atoms with Crippen molar-refractivity contribution in [3.63, 3.8) is 0 Å². The first kappa shape index (κ1) is 11.0. The van der Waals surface area contributed by atoms with Crippen LogP contribution in [0.15, 0.2) is 24.3 Å². The van der Waals surface area contributed by atoms with Crippen molar-refractivity contribution >= 4 is 12.1 Å². The molecule has 0 bridgehead atoms. The number of nitrogens with one attached hydrogen (secondary N) is 1. The molecule has 0 aliphatic heterocycles. The molecule has 0 radical (unpaired) electrons. The van der Waals surface area contributed by atoms with E-state index in [4.69, 9.17) is 20.0 Å². The summed E-state index contributed by atoms with van der Waals surface area (Å²) in [7, 11) is 0. The van der Waals surface area contributed by atoms with E-state index in [1.165, 1.54) is 12.1 Å². The molecule has 0 atom stereocenters. The molecule has 5 nitrogen and oxygen atoms in total. The first-order valence-electron chi connectivity index (χ1n) is 4.36. The number of carboxylic acids is 1. The van der Waals surface area contributed by atoms with Crippen molar-refractivity contribution in [3.05, 3.63) is 29.8 Å². The van der Waals surface area contributed by atoms with Crippen LogP contribution in [0, 0.1) is 5.41 Å². The Labute approximate surface area is 86.8 Å². The fourth-order valence-corrected chi connectivity index (χ4v) is 0.993. The third-order valence-corrected chi connectivity index (χ3v) is 1.60. The van der Waals surface area contributed by atoms with E-state index in [9.17, 15) is 4.79 Å². The van der Waals surface area contributed by atoms with E-state index in [0.29, 0.717) is 6.61 Å². The van der Waals surface area contributed by atoms with E-state index in [2.05, 4.69) is 0 Å². The van der Waals surface area contributed by atoms with Crippen LogP contribution >= 0.6 is 0 Å². The summed E-state index contributed by atoms with van der Waals surface area (Å²) in [6.07, 6.45) is -0.411. The van der Waals surface area contributed by atoms with Gasteiger partial charge < -0.3 is 14.6 Å². The van der Waals surface area contributed by atoms with Crippen molar-refractivity contribution in [2.24, 2.45) is 0 Å². The first-order valence-corrected chi connectivity index (χ1v) is 4.36. The maximum absolute atomic E-state index is 10.8. The summed E-state index contributed by atoms with van der Waals surface area (Å²) < 4.78 is 9.68. The molecule has 0 aliphatic carbocycles. The fourth-order valence-electron chi connectivity index (χ4n) is 0.993. The van der Waals surface area contributed by atoms with Crippen LogP contribution < -0.4 is 4.74 Å². The van der Waals surface area contributed by atoms with E-state index in [1.807, 2.05) is 0 Å². The minimum absolute atomic E-state index is 0.00181. The summed E-state index contributed by atoms with van der Waals surface area (Å²) in [6, 6.07) is 6.08. The van der Waals surface area contributed by atoms with Crippen LogP contribution in [-0.2, 0) is 4.74 Å². The third-order valence-electron chi connectivity index (χ3n) is 1.60. The third kappa shape index (κ3) is 2.98. The van der Waals surface area contributed by atoms with Crippen molar-refractivity contribution in [2.75, 3.05) is 6.61 Å². The van der Waals surface area contributed by atoms with Gasteiger partial charge in [0.25, 0.3) is 0 Å². The zero-order chi connectivity index (χ0) is 11.3. The summed E-state index contributed by atoms with van der Waals surface area (Å²) in [5.41, 5.74) is 0.00181. The smallest absolute Gasteiger partial charge is 0.386 e. The predicted octanol–water partition coefficient (Wildman–Crippen LogP) is 1.73. The molecule has 0 aliphatic rings. The van der Waals surface area contributed by atoms with Gasteiger partial charge in [-0.15, -0.1) is 0 Å². The first-order chi connectivity index (χ1) is 7.15. The van der Waals surface area contributed by atoms with Gasteiger partial charge >= 0.3 is 12.1 Å². The van der Waals surface area contributed by atoms with Gasteiger partial charge in [-0.1, -0.05) is 12.1 Å². The van der Waals surface area contributed by atoms with Crippen LogP contribution in [0.4, 0.5) is 0 Å². The van der Waals surface area contributed by atoms with Gasteiger partial charge in [0.1, 0.15) is 11.3 Å². The van der Waals surface area contributed by atoms with Gasteiger partial charge in [-0.05, 0) is 19.1 Å². The van der Waals surface area contributed by atoms with Crippen LogP contribution in [0.2, 0.25) is 0 Å². The van der Waals surface area contributed by atoms with E-state index >= 15 is 0 Å². The SMILES string of the molecule is CCOC(=N)Oc1ccccc1C(=O)O. The molecule has 0 amide bonds. The average molecular weight is 209 g/mol. The highest BCUT2D eigenvalue weighted by molar-refractivity contribution is 5.91. The average Bonchev–Trinajstić information content (AvgIpc) is 2.18. The number of hydrogen-bond donors (Lipinski definition) is 2. The van der Waals surface area contributed by atoms with Crippen LogP contribution in [0.5, 0.6) is 5.75 Å². The molecule has 1 aromatic carbocycles. The van der Waals surface area contributed by atoms with Gasteiger partial charge in [-0.2, -0.15) is 0 Å². The molecule has 0 saturated heterocycles. The lowest BCUT2D eigenvalue weighted by Crippen LogP contribution is -2.13. The van der Waals surface area contributed by atoms with Crippen LogP contribution in [-0.4, -0.2) is 23.8 Å². The second-order valence-corrected chi connectivity index (χ2v) is 2.62. The molecule has 0 aromatic heterocycles. The number of rotatable bonds is 3. The maximum Gasteiger partial charge on any atom is 0.386 e. The predicted molar refractivity (Wildman–Crippen MR) is 53.4 cm³/mol. The highest BCUT2D eigenvalue weighted by Gasteiger charge is 2.12. The molecular weight excluding hydrogens is 198 g/mol.